The van der Waals surface area contributed by atoms with Crippen LogP contribution in [0, 0.1) is 5.41 Å². The first-order valence-electron chi connectivity index (χ1n) is 4.26. The lowest BCUT2D eigenvalue weighted by Crippen LogP contribution is -2.33. The topological polar surface area (TPSA) is 49.3 Å². The highest BCUT2D eigenvalue weighted by Gasteiger charge is 2.12. The van der Waals surface area contributed by atoms with Crippen molar-refractivity contribution in [1.29, 1.82) is 0 Å². The molecular formula is C9H19NO2. The number of amides is 1. The molecule has 0 saturated carbocycles. The Morgan fingerprint density at radius 1 is 1.50 bits per heavy atom. The van der Waals surface area contributed by atoms with Crippen molar-refractivity contribution >= 4 is 5.91 Å². The van der Waals surface area contributed by atoms with Gasteiger partial charge in [-0.25, -0.2) is 0 Å². The Bertz CT molecular complexity index is 147. The molecule has 0 bridgehead atoms. The van der Waals surface area contributed by atoms with Gasteiger partial charge in [0, 0.05) is 6.54 Å². The summed E-state index contributed by atoms with van der Waals surface area (Å²) >= 11 is 0. The van der Waals surface area contributed by atoms with E-state index in [-0.39, 0.29) is 17.7 Å². The van der Waals surface area contributed by atoms with Gasteiger partial charge in [0.2, 0.25) is 5.91 Å². The summed E-state index contributed by atoms with van der Waals surface area (Å²) in [5.41, 5.74) is 0.106. The van der Waals surface area contributed by atoms with Gasteiger partial charge in [0.1, 0.15) is 0 Å². The maximum atomic E-state index is 11.0. The summed E-state index contributed by atoms with van der Waals surface area (Å²) in [5.74, 6) is -0.0834. The number of rotatable bonds is 3. The van der Waals surface area contributed by atoms with Gasteiger partial charge in [0.15, 0.2) is 0 Å². The molecule has 0 heterocycles. The number of aliphatic hydroxyl groups is 1. The number of carbonyl (C=O) groups is 1. The van der Waals surface area contributed by atoms with Crippen LogP contribution in [0.5, 0.6) is 0 Å². The first-order chi connectivity index (χ1) is 5.31. The van der Waals surface area contributed by atoms with Crippen molar-refractivity contribution in [3.05, 3.63) is 0 Å². The molecule has 1 atom stereocenters. The van der Waals surface area contributed by atoms with Crippen LogP contribution in [0.4, 0.5) is 0 Å². The third kappa shape index (κ3) is 7.54. The van der Waals surface area contributed by atoms with Gasteiger partial charge in [-0.2, -0.15) is 0 Å². The van der Waals surface area contributed by atoms with Gasteiger partial charge in [0.05, 0.1) is 12.5 Å². The number of hydrogen-bond donors (Lipinski definition) is 2. The zero-order valence-electron chi connectivity index (χ0n) is 8.35. The minimum atomic E-state index is -0.551. The van der Waals surface area contributed by atoms with Crippen LogP contribution in [-0.2, 0) is 4.79 Å². The van der Waals surface area contributed by atoms with Crippen LogP contribution in [0.1, 0.15) is 34.1 Å². The molecule has 0 saturated heterocycles. The second-order valence-corrected chi connectivity index (χ2v) is 4.39. The Balaban J connectivity index is 3.58. The highest BCUT2D eigenvalue weighted by molar-refractivity contribution is 5.76. The Morgan fingerprint density at radius 2 is 2.00 bits per heavy atom. The van der Waals surface area contributed by atoms with E-state index in [1.807, 2.05) is 0 Å². The summed E-state index contributed by atoms with van der Waals surface area (Å²) in [7, 11) is 0. The van der Waals surface area contributed by atoms with Crippen LogP contribution >= 0.6 is 0 Å². The van der Waals surface area contributed by atoms with E-state index in [1.165, 1.54) is 0 Å². The Kier molecular flexibility index (Phi) is 4.24. The molecule has 0 spiro atoms. The maximum absolute atomic E-state index is 11.0. The Morgan fingerprint density at radius 3 is 2.33 bits per heavy atom. The summed E-state index contributed by atoms with van der Waals surface area (Å²) < 4.78 is 0. The molecule has 0 aliphatic heterocycles. The highest BCUT2D eigenvalue weighted by Crippen LogP contribution is 2.10. The first kappa shape index (κ1) is 11.4. The molecule has 2 N–H and O–H groups in total. The van der Waals surface area contributed by atoms with Gasteiger partial charge in [-0.15, -0.1) is 0 Å². The van der Waals surface area contributed by atoms with Gasteiger partial charge < -0.3 is 10.4 Å². The number of hydrogen-bond acceptors (Lipinski definition) is 2. The van der Waals surface area contributed by atoms with E-state index in [0.29, 0.717) is 6.54 Å². The lowest BCUT2D eigenvalue weighted by Gasteiger charge is -2.18. The predicted molar refractivity (Wildman–Crippen MR) is 48.8 cm³/mol. The van der Waals surface area contributed by atoms with Crippen LogP contribution in [0.25, 0.3) is 0 Å². The largest absolute Gasteiger partial charge is 0.393 e. The molecule has 1 unspecified atom stereocenters. The van der Waals surface area contributed by atoms with Gasteiger partial charge in [0.25, 0.3) is 0 Å². The molecular weight excluding hydrogens is 154 g/mol. The second kappa shape index (κ2) is 4.45. The van der Waals surface area contributed by atoms with Crippen molar-refractivity contribution in [2.45, 2.75) is 40.2 Å². The molecule has 3 heteroatoms. The van der Waals surface area contributed by atoms with Crippen LogP contribution in [-0.4, -0.2) is 23.7 Å². The Labute approximate surface area is 74.2 Å². The summed E-state index contributed by atoms with van der Waals surface area (Å²) in [6.45, 7) is 8.41. The van der Waals surface area contributed by atoms with Crippen LogP contribution in [0.2, 0.25) is 0 Å². The molecule has 0 fully saturated rings. The van der Waals surface area contributed by atoms with Crippen molar-refractivity contribution in [2.75, 3.05) is 6.54 Å². The van der Waals surface area contributed by atoms with E-state index in [0.717, 1.165) is 0 Å². The van der Waals surface area contributed by atoms with Crippen molar-refractivity contribution < 1.29 is 9.90 Å². The zero-order chi connectivity index (χ0) is 9.78. The molecule has 0 aromatic heterocycles. The van der Waals surface area contributed by atoms with Crippen molar-refractivity contribution in [3.63, 3.8) is 0 Å². The molecule has 0 rings (SSSR count). The smallest absolute Gasteiger partial charge is 0.222 e. The fourth-order valence-electron chi connectivity index (χ4n) is 0.704. The highest BCUT2D eigenvalue weighted by atomic mass is 16.3. The lowest BCUT2D eigenvalue weighted by molar-refractivity contribution is -0.123. The van der Waals surface area contributed by atoms with Crippen LogP contribution < -0.4 is 5.32 Å². The van der Waals surface area contributed by atoms with E-state index in [2.05, 4.69) is 26.1 Å². The molecule has 3 nitrogen and oxygen atoms in total. The van der Waals surface area contributed by atoms with E-state index in [1.54, 1.807) is 6.92 Å². The van der Waals surface area contributed by atoms with Gasteiger partial charge in [-0.05, 0) is 12.3 Å². The van der Waals surface area contributed by atoms with E-state index >= 15 is 0 Å². The van der Waals surface area contributed by atoms with Crippen molar-refractivity contribution in [2.24, 2.45) is 5.41 Å². The van der Waals surface area contributed by atoms with E-state index in [4.69, 9.17) is 5.11 Å². The molecule has 72 valence electrons. The summed E-state index contributed by atoms with van der Waals surface area (Å²) in [6.07, 6.45) is -0.360. The van der Waals surface area contributed by atoms with Gasteiger partial charge >= 0.3 is 0 Å². The fraction of sp³-hybridized carbons (Fsp3) is 0.889. The first-order valence-corrected chi connectivity index (χ1v) is 4.26. The molecule has 0 aromatic carbocycles. The number of aliphatic hydroxyl groups excluding tert-OH is 1. The molecule has 12 heavy (non-hydrogen) atoms. The molecule has 1 amide bonds. The average Bonchev–Trinajstić information content (AvgIpc) is 1.80. The standard InChI is InChI=1S/C9H19NO2/c1-7(11)5-8(12)10-6-9(2,3)4/h7,11H,5-6H2,1-4H3,(H,10,12). The minimum Gasteiger partial charge on any atom is -0.393 e. The summed E-state index contributed by atoms with van der Waals surface area (Å²) in [4.78, 5) is 11.0. The lowest BCUT2D eigenvalue weighted by atomic mass is 9.97. The fourth-order valence-corrected chi connectivity index (χ4v) is 0.704. The third-order valence-corrected chi connectivity index (χ3v) is 1.30. The molecule has 0 aliphatic carbocycles. The quantitative estimate of drug-likeness (QED) is 0.666. The van der Waals surface area contributed by atoms with Crippen molar-refractivity contribution in [1.82, 2.24) is 5.32 Å². The molecule has 0 radical (unpaired) electrons. The summed E-state index contributed by atoms with van der Waals surface area (Å²) in [6, 6.07) is 0. The van der Waals surface area contributed by atoms with Gasteiger partial charge in [-0.1, -0.05) is 20.8 Å². The van der Waals surface area contributed by atoms with Gasteiger partial charge in [-0.3, -0.25) is 4.79 Å². The summed E-state index contributed by atoms with van der Waals surface area (Å²) in [5, 5.41) is 11.6. The van der Waals surface area contributed by atoms with Crippen LogP contribution in [0.3, 0.4) is 0 Å². The minimum absolute atomic E-state index is 0.0834. The monoisotopic (exact) mass is 173 g/mol. The third-order valence-electron chi connectivity index (χ3n) is 1.30. The van der Waals surface area contributed by atoms with Crippen LogP contribution in [0.15, 0.2) is 0 Å². The average molecular weight is 173 g/mol. The van der Waals surface area contributed by atoms with E-state index in [9.17, 15) is 4.79 Å². The second-order valence-electron chi connectivity index (χ2n) is 4.39. The van der Waals surface area contributed by atoms with E-state index < -0.39 is 6.10 Å². The number of nitrogens with one attached hydrogen (secondary N) is 1. The SMILES string of the molecule is CC(O)CC(=O)NCC(C)(C)C. The van der Waals surface area contributed by atoms with Crippen molar-refractivity contribution in [3.8, 4) is 0 Å². The number of carbonyl (C=O) groups excluding carboxylic acids is 1. The Hall–Kier alpha value is -0.570. The zero-order valence-corrected chi connectivity index (χ0v) is 8.35. The molecule has 0 aliphatic rings. The normalized spacial score (nSPS) is 14.1. The maximum Gasteiger partial charge on any atom is 0.222 e. The predicted octanol–water partition coefficient (Wildman–Crippen LogP) is 0.920. The molecule has 0 aromatic rings.